The number of aliphatic hydroxyl groups is 1. The summed E-state index contributed by atoms with van der Waals surface area (Å²) in [5.41, 5.74) is -0.432. The number of rotatable bonds is 2. The van der Waals surface area contributed by atoms with Gasteiger partial charge in [0.15, 0.2) is 0 Å². The minimum atomic E-state index is -0.432. The zero-order valence-electron chi connectivity index (χ0n) is 9.99. The molecule has 1 amide bonds. The zero-order chi connectivity index (χ0) is 11.6. The van der Waals surface area contributed by atoms with Gasteiger partial charge in [-0.15, -0.1) is 0 Å². The van der Waals surface area contributed by atoms with Crippen LogP contribution in [-0.4, -0.2) is 40.9 Å². The summed E-state index contributed by atoms with van der Waals surface area (Å²) in [6, 6.07) is 0.187. The van der Waals surface area contributed by atoms with E-state index in [4.69, 9.17) is 9.84 Å². The van der Waals surface area contributed by atoms with Crippen LogP contribution in [0.3, 0.4) is 0 Å². The Bertz CT molecular complexity index is 234. The van der Waals surface area contributed by atoms with Gasteiger partial charge in [-0.3, -0.25) is 0 Å². The van der Waals surface area contributed by atoms with Crippen molar-refractivity contribution in [2.45, 2.75) is 45.8 Å². The summed E-state index contributed by atoms with van der Waals surface area (Å²) in [6.45, 7) is 8.48. The third kappa shape index (κ3) is 3.09. The molecule has 0 aromatic carbocycles. The van der Waals surface area contributed by atoms with Crippen molar-refractivity contribution in [3.05, 3.63) is 0 Å². The monoisotopic (exact) mass is 215 g/mol. The van der Waals surface area contributed by atoms with Crippen LogP contribution in [0.25, 0.3) is 0 Å². The van der Waals surface area contributed by atoms with Gasteiger partial charge in [-0.2, -0.15) is 0 Å². The van der Waals surface area contributed by atoms with Crippen LogP contribution in [0.5, 0.6) is 0 Å². The smallest absolute Gasteiger partial charge is 0.410 e. The molecule has 0 aromatic heterocycles. The summed E-state index contributed by atoms with van der Waals surface area (Å²) in [4.78, 5) is 13.4. The maximum atomic E-state index is 11.6. The fraction of sp³-hybridized carbons (Fsp3) is 0.909. The fourth-order valence-electron chi connectivity index (χ4n) is 1.75. The third-order valence-corrected chi connectivity index (χ3v) is 2.73. The highest BCUT2D eigenvalue weighted by Gasteiger charge is 2.39. The zero-order valence-corrected chi connectivity index (χ0v) is 9.99. The largest absolute Gasteiger partial charge is 0.444 e. The van der Waals surface area contributed by atoms with Crippen LogP contribution in [0.4, 0.5) is 4.79 Å². The summed E-state index contributed by atoms with van der Waals surface area (Å²) in [6.07, 6.45) is 0.518. The van der Waals surface area contributed by atoms with Crippen molar-refractivity contribution in [2.24, 2.45) is 5.92 Å². The Balaban J connectivity index is 2.39. The van der Waals surface area contributed by atoms with Gasteiger partial charge in [0.25, 0.3) is 0 Å². The van der Waals surface area contributed by atoms with Crippen LogP contribution >= 0.6 is 0 Å². The van der Waals surface area contributed by atoms with E-state index in [9.17, 15) is 4.79 Å². The highest BCUT2D eigenvalue weighted by atomic mass is 16.6. The topological polar surface area (TPSA) is 49.8 Å². The first-order chi connectivity index (χ1) is 6.85. The number of hydrogen-bond acceptors (Lipinski definition) is 3. The molecule has 1 heterocycles. The van der Waals surface area contributed by atoms with E-state index < -0.39 is 5.60 Å². The summed E-state index contributed by atoms with van der Waals surface area (Å²) >= 11 is 0. The molecule has 4 heteroatoms. The van der Waals surface area contributed by atoms with E-state index in [1.807, 2.05) is 27.7 Å². The predicted octanol–water partition coefficient (Wildman–Crippen LogP) is 1.62. The molecule has 0 bridgehead atoms. The van der Waals surface area contributed by atoms with Gasteiger partial charge in [0.2, 0.25) is 0 Å². The van der Waals surface area contributed by atoms with E-state index in [2.05, 4.69) is 0 Å². The van der Waals surface area contributed by atoms with Gasteiger partial charge >= 0.3 is 6.09 Å². The van der Waals surface area contributed by atoms with E-state index in [1.54, 1.807) is 4.90 Å². The lowest BCUT2D eigenvalue weighted by Crippen LogP contribution is -2.58. The molecule has 1 saturated heterocycles. The number of amides is 1. The van der Waals surface area contributed by atoms with E-state index in [0.29, 0.717) is 12.5 Å². The van der Waals surface area contributed by atoms with E-state index in [0.717, 1.165) is 6.42 Å². The second-order valence-electron chi connectivity index (χ2n) is 5.15. The number of likely N-dealkylation sites (tertiary alicyclic amines) is 1. The van der Waals surface area contributed by atoms with Crippen LogP contribution in [-0.2, 0) is 4.74 Å². The molecule has 2 unspecified atom stereocenters. The summed E-state index contributed by atoms with van der Waals surface area (Å²) in [5, 5.41) is 8.80. The van der Waals surface area contributed by atoms with Crippen molar-refractivity contribution in [3.63, 3.8) is 0 Å². The molecule has 0 aromatic rings. The van der Waals surface area contributed by atoms with Gasteiger partial charge in [0.1, 0.15) is 5.60 Å². The van der Waals surface area contributed by atoms with E-state index >= 15 is 0 Å². The molecule has 2 atom stereocenters. The van der Waals surface area contributed by atoms with Crippen molar-refractivity contribution in [1.82, 2.24) is 4.90 Å². The molecule has 88 valence electrons. The Hall–Kier alpha value is -0.770. The number of nitrogens with zero attached hydrogens (tertiary/aromatic N) is 1. The molecule has 0 saturated carbocycles. The van der Waals surface area contributed by atoms with Gasteiger partial charge in [0, 0.05) is 19.2 Å². The SMILES string of the molecule is CC1C(CCO)CN1C(=O)OC(C)(C)C. The van der Waals surface area contributed by atoms with Crippen LogP contribution in [0, 0.1) is 5.92 Å². The Labute approximate surface area is 91.2 Å². The first-order valence-electron chi connectivity index (χ1n) is 5.45. The first kappa shape index (κ1) is 12.3. The first-order valence-corrected chi connectivity index (χ1v) is 5.45. The van der Waals surface area contributed by atoms with Gasteiger partial charge in [-0.1, -0.05) is 0 Å². The lowest BCUT2D eigenvalue weighted by Gasteiger charge is -2.46. The average molecular weight is 215 g/mol. The number of carbonyl (C=O) groups excluding carboxylic acids is 1. The molecule has 0 spiro atoms. The number of aliphatic hydroxyl groups excluding tert-OH is 1. The number of ether oxygens (including phenoxy) is 1. The molecular formula is C11H21NO3. The van der Waals surface area contributed by atoms with Crippen LogP contribution in [0.1, 0.15) is 34.1 Å². The van der Waals surface area contributed by atoms with Gasteiger partial charge < -0.3 is 14.7 Å². The second kappa shape index (κ2) is 4.39. The molecule has 1 aliphatic heterocycles. The van der Waals surface area contributed by atoms with Crippen LogP contribution in [0.15, 0.2) is 0 Å². The fourth-order valence-corrected chi connectivity index (χ4v) is 1.75. The Morgan fingerprint density at radius 1 is 1.53 bits per heavy atom. The minimum Gasteiger partial charge on any atom is -0.444 e. The molecular weight excluding hydrogens is 194 g/mol. The van der Waals surface area contributed by atoms with Crippen LogP contribution in [0.2, 0.25) is 0 Å². The Morgan fingerprint density at radius 3 is 2.53 bits per heavy atom. The van der Waals surface area contributed by atoms with Crippen molar-refractivity contribution in [2.75, 3.05) is 13.2 Å². The predicted molar refractivity (Wildman–Crippen MR) is 57.6 cm³/mol. The summed E-state index contributed by atoms with van der Waals surface area (Å²) in [5.74, 6) is 0.419. The summed E-state index contributed by atoms with van der Waals surface area (Å²) < 4.78 is 5.26. The lowest BCUT2D eigenvalue weighted by molar-refractivity contribution is -0.0297. The molecule has 1 fully saturated rings. The van der Waals surface area contributed by atoms with Crippen LogP contribution < -0.4 is 0 Å². The second-order valence-corrected chi connectivity index (χ2v) is 5.15. The van der Waals surface area contributed by atoms with Gasteiger partial charge in [0.05, 0.1) is 0 Å². The van der Waals surface area contributed by atoms with Gasteiger partial charge in [-0.25, -0.2) is 4.79 Å². The lowest BCUT2D eigenvalue weighted by atomic mass is 9.88. The maximum absolute atomic E-state index is 11.6. The molecule has 1 aliphatic rings. The molecule has 0 radical (unpaired) electrons. The van der Waals surface area contributed by atoms with E-state index in [1.165, 1.54) is 0 Å². The highest BCUT2D eigenvalue weighted by Crippen LogP contribution is 2.28. The highest BCUT2D eigenvalue weighted by molar-refractivity contribution is 5.69. The van der Waals surface area contributed by atoms with Crippen molar-refractivity contribution < 1.29 is 14.6 Å². The molecule has 1 rings (SSSR count). The number of carbonyl (C=O) groups is 1. The third-order valence-electron chi connectivity index (χ3n) is 2.73. The summed E-state index contributed by atoms with van der Waals surface area (Å²) in [7, 11) is 0. The molecule has 1 N–H and O–H groups in total. The number of hydrogen-bond donors (Lipinski definition) is 1. The minimum absolute atomic E-state index is 0.187. The maximum Gasteiger partial charge on any atom is 0.410 e. The Kier molecular flexibility index (Phi) is 3.60. The average Bonchev–Trinajstić information content (AvgIpc) is 2.07. The molecule has 0 aliphatic carbocycles. The quantitative estimate of drug-likeness (QED) is 0.761. The van der Waals surface area contributed by atoms with Gasteiger partial charge in [-0.05, 0) is 40.0 Å². The molecule has 4 nitrogen and oxygen atoms in total. The molecule has 15 heavy (non-hydrogen) atoms. The van der Waals surface area contributed by atoms with Crippen molar-refractivity contribution in [3.8, 4) is 0 Å². The van der Waals surface area contributed by atoms with Crippen molar-refractivity contribution >= 4 is 6.09 Å². The Morgan fingerprint density at radius 2 is 2.13 bits per heavy atom. The van der Waals surface area contributed by atoms with Crippen molar-refractivity contribution in [1.29, 1.82) is 0 Å². The normalized spacial score (nSPS) is 26.1. The van der Waals surface area contributed by atoms with E-state index in [-0.39, 0.29) is 18.7 Å². The standard InChI is InChI=1S/C11H21NO3/c1-8-9(5-6-13)7-12(8)10(14)15-11(2,3)4/h8-9,13H,5-7H2,1-4H3.